The fourth-order valence-electron chi connectivity index (χ4n) is 1.94. The molecule has 1 amide bonds. The molecule has 0 unspecified atom stereocenters. The summed E-state index contributed by atoms with van der Waals surface area (Å²) in [5.41, 5.74) is 1.37. The molecule has 1 aromatic heterocycles. The summed E-state index contributed by atoms with van der Waals surface area (Å²) in [4.78, 5) is 12.3. The van der Waals surface area contributed by atoms with Crippen LogP contribution < -0.4 is 5.32 Å². The summed E-state index contributed by atoms with van der Waals surface area (Å²) in [7, 11) is 1.84. The van der Waals surface area contributed by atoms with Gasteiger partial charge in [-0.25, -0.2) is 0 Å². The highest BCUT2D eigenvalue weighted by Crippen LogP contribution is 2.19. The van der Waals surface area contributed by atoms with Gasteiger partial charge in [-0.2, -0.15) is 5.10 Å². The molecule has 0 radical (unpaired) electrons. The third-order valence-electron chi connectivity index (χ3n) is 3.47. The Bertz CT molecular complexity index is 402. The number of rotatable bonds is 6. The summed E-state index contributed by atoms with van der Waals surface area (Å²) < 4.78 is 1.70. The Hall–Kier alpha value is -0.840. The zero-order valence-corrected chi connectivity index (χ0v) is 13.2. The molecule has 0 saturated heterocycles. The van der Waals surface area contributed by atoms with E-state index in [1.807, 2.05) is 14.0 Å². The predicted octanol–water partition coefficient (Wildman–Crippen LogP) is 2.67. The molecular weight excluding hydrogens is 294 g/mol. The Labute approximate surface area is 117 Å². The van der Waals surface area contributed by atoms with Crippen LogP contribution in [0.15, 0.2) is 6.20 Å². The van der Waals surface area contributed by atoms with Crippen molar-refractivity contribution in [1.29, 1.82) is 0 Å². The number of carbonyl (C=O) groups is 1. The van der Waals surface area contributed by atoms with Crippen molar-refractivity contribution in [3.05, 3.63) is 17.5 Å². The van der Waals surface area contributed by atoms with Crippen LogP contribution in [0, 0.1) is 0 Å². The molecular formula is C13H22BrN3O. The molecule has 18 heavy (non-hydrogen) atoms. The predicted molar refractivity (Wildman–Crippen MR) is 77.2 cm³/mol. The van der Waals surface area contributed by atoms with Gasteiger partial charge in [0.1, 0.15) is 0 Å². The molecule has 0 bridgehead atoms. The zero-order chi connectivity index (χ0) is 13.8. The molecule has 1 heterocycles. The minimum atomic E-state index is -0.169. The van der Waals surface area contributed by atoms with Crippen LogP contribution in [-0.2, 0) is 13.5 Å². The van der Waals surface area contributed by atoms with E-state index in [0.717, 1.165) is 30.3 Å². The number of aromatic nitrogens is 2. The quantitative estimate of drug-likeness (QED) is 0.820. The van der Waals surface area contributed by atoms with Gasteiger partial charge in [-0.3, -0.25) is 9.48 Å². The van der Waals surface area contributed by atoms with Gasteiger partial charge in [0.2, 0.25) is 0 Å². The molecule has 0 saturated carbocycles. The fraction of sp³-hybridized carbons (Fsp3) is 0.692. The maximum atomic E-state index is 12.3. The van der Waals surface area contributed by atoms with E-state index in [1.54, 1.807) is 10.9 Å². The van der Waals surface area contributed by atoms with Gasteiger partial charge in [-0.1, -0.05) is 36.7 Å². The molecule has 0 fully saturated rings. The Morgan fingerprint density at radius 1 is 1.44 bits per heavy atom. The van der Waals surface area contributed by atoms with Gasteiger partial charge >= 0.3 is 0 Å². The van der Waals surface area contributed by atoms with E-state index in [2.05, 4.69) is 40.2 Å². The summed E-state index contributed by atoms with van der Waals surface area (Å²) in [6.45, 7) is 6.19. The molecule has 102 valence electrons. The maximum Gasteiger partial charge on any atom is 0.255 e. The molecule has 0 atom stereocenters. The number of alkyl halides is 1. The number of halogens is 1. The van der Waals surface area contributed by atoms with E-state index in [1.165, 1.54) is 0 Å². The summed E-state index contributed by atoms with van der Waals surface area (Å²) in [6.07, 6.45) is 4.37. The first kappa shape index (κ1) is 15.2. The lowest BCUT2D eigenvalue weighted by atomic mass is 9.95. The van der Waals surface area contributed by atoms with Crippen LogP contribution in [0.3, 0.4) is 0 Å². The molecule has 0 aliphatic carbocycles. The molecule has 1 aromatic rings. The van der Waals surface area contributed by atoms with Crippen molar-refractivity contribution in [2.45, 2.75) is 45.6 Å². The van der Waals surface area contributed by atoms with Crippen LogP contribution in [0.5, 0.6) is 0 Å². The molecule has 0 spiro atoms. The normalized spacial score (nSPS) is 11.6. The Morgan fingerprint density at radius 3 is 2.50 bits per heavy atom. The Balaban J connectivity index is 2.93. The van der Waals surface area contributed by atoms with Crippen LogP contribution in [0.25, 0.3) is 0 Å². The van der Waals surface area contributed by atoms with Crippen LogP contribution in [0.1, 0.15) is 49.7 Å². The van der Waals surface area contributed by atoms with Gasteiger partial charge in [0.25, 0.3) is 5.91 Å². The number of carbonyl (C=O) groups excluding carboxylic acids is 1. The number of nitrogens with one attached hydrogen (secondary N) is 1. The second-order valence-corrected chi connectivity index (χ2v) is 5.15. The number of hydrogen-bond acceptors (Lipinski definition) is 2. The van der Waals surface area contributed by atoms with E-state index in [0.29, 0.717) is 5.56 Å². The Morgan fingerprint density at radius 2 is 2.06 bits per heavy atom. The van der Waals surface area contributed by atoms with Crippen molar-refractivity contribution in [2.75, 3.05) is 5.33 Å². The van der Waals surface area contributed by atoms with Gasteiger partial charge in [0.15, 0.2) is 0 Å². The number of nitrogens with zero attached hydrogens (tertiary/aromatic N) is 2. The second-order valence-electron chi connectivity index (χ2n) is 4.59. The van der Waals surface area contributed by atoms with E-state index in [4.69, 9.17) is 0 Å². The zero-order valence-electron chi connectivity index (χ0n) is 11.6. The van der Waals surface area contributed by atoms with Crippen LogP contribution in [0.4, 0.5) is 0 Å². The number of amides is 1. The standard InChI is InChI=1S/C13H22BrN3O/c1-5-11-10(8-17(4)16-11)12(18)15-13(6-2,7-3)9-14/h8H,5-7,9H2,1-4H3,(H,15,18). The molecule has 5 heteroatoms. The average Bonchev–Trinajstić information content (AvgIpc) is 2.77. The first-order chi connectivity index (χ1) is 8.51. The third kappa shape index (κ3) is 3.13. The Kier molecular flexibility index (Phi) is 5.38. The summed E-state index contributed by atoms with van der Waals surface area (Å²) in [5.74, 6) is -0.0249. The minimum Gasteiger partial charge on any atom is -0.346 e. The summed E-state index contributed by atoms with van der Waals surface area (Å²) in [5, 5.41) is 8.21. The monoisotopic (exact) mass is 315 g/mol. The molecule has 1 N–H and O–H groups in total. The van der Waals surface area contributed by atoms with Crippen LogP contribution in [0.2, 0.25) is 0 Å². The maximum absolute atomic E-state index is 12.3. The van der Waals surface area contributed by atoms with Crippen molar-refractivity contribution >= 4 is 21.8 Å². The smallest absolute Gasteiger partial charge is 0.255 e. The van der Waals surface area contributed by atoms with Crippen molar-refractivity contribution < 1.29 is 4.79 Å². The summed E-state index contributed by atoms with van der Waals surface area (Å²) >= 11 is 3.50. The highest BCUT2D eigenvalue weighted by Gasteiger charge is 2.28. The van der Waals surface area contributed by atoms with Gasteiger partial charge in [-0.15, -0.1) is 0 Å². The highest BCUT2D eigenvalue weighted by molar-refractivity contribution is 9.09. The molecule has 0 aromatic carbocycles. The lowest BCUT2D eigenvalue weighted by molar-refractivity contribution is 0.0902. The molecule has 1 rings (SSSR count). The van der Waals surface area contributed by atoms with E-state index in [-0.39, 0.29) is 11.4 Å². The SMILES string of the molecule is CCc1nn(C)cc1C(=O)NC(CC)(CC)CBr. The van der Waals surface area contributed by atoms with Crippen molar-refractivity contribution in [2.24, 2.45) is 7.05 Å². The third-order valence-corrected chi connectivity index (χ3v) is 4.55. The first-order valence-electron chi connectivity index (χ1n) is 6.42. The van der Waals surface area contributed by atoms with Gasteiger partial charge in [0, 0.05) is 24.1 Å². The largest absolute Gasteiger partial charge is 0.346 e. The number of hydrogen-bond donors (Lipinski definition) is 1. The fourth-order valence-corrected chi connectivity index (χ4v) is 2.88. The number of aryl methyl sites for hydroxylation is 2. The second kappa shape index (κ2) is 6.36. The highest BCUT2D eigenvalue weighted by atomic mass is 79.9. The van der Waals surface area contributed by atoms with E-state index < -0.39 is 0 Å². The van der Waals surface area contributed by atoms with Gasteiger partial charge in [-0.05, 0) is 19.3 Å². The van der Waals surface area contributed by atoms with Gasteiger partial charge < -0.3 is 5.32 Å². The molecule has 0 aliphatic heterocycles. The lowest BCUT2D eigenvalue weighted by Crippen LogP contribution is -2.49. The van der Waals surface area contributed by atoms with Gasteiger partial charge in [0.05, 0.1) is 11.3 Å². The summed E-state index contributed by atoms with van der Waals surface area (Å²) in [6, 6.07) is 0. The van der Waals surface area contributed by atoms with Crippen molar-refractivity contribution in [3.63, 3.8) is 0 Å². The lowest BCUT2D eigenvalue weighted by Gasteiger charge is -2.30. The molecule has 0 aliphatic rings. The van der Waals surface area contributed by atoms with Crippen molar-refractivity contribution in [1.82, 2.24) is 15.1 Å². The topological polar surface area (TPSA) is 46.9 Å². The van der Waals surface area contributed by atoms with E-state index in [9.17, 15) is 4.79 Å². The average molecular weight is 316 g/mol. The first-order valence-corrected chi connectivity index (χ1v) is 7.55. The van der Waals surface area contributed by atoms with Crippen LogP contribution in [-0.4, -0.2) is 26.6 Å². The minimum absolute atomic E-state index is 0.0249. The van der Waals surface area contributed by atoms with Crippen molar-refractivity contribution in [3.8, 4) is 0 Å². The van der Waals surface area contributed by atoms with E-state index >= 15 is 0 Å². The molecule has 4 nitrogen and oxygen atoms in total. The van der Waals surface area contributed by atoms with Crippen LogP contribution >= 0.6 is 15.9 Å².